The highest BCUT2D eigenvalue weighted by molar-refractivity contribution is 8.26. The zero-order chi connectivity index (χ0) is 23.0. The van der Waals surface area contributed by atoms with Crippen LogP contribution in [0.15, 0.2) is 9.70 Å². The molecule has 8 heteroatoms. The van der Waals surface area contributed by atoms with Gasteiger partial charge in [0.15, 0.2) is 0 Å². The Balaban J connectivity index is 1.80. The van der Waals surface area contributed by atoms with Gasteiger partial charge in [-0.05, 0) is 50.2 Å². The van der Waals surface area contributed by atoms with Gasteiger partial charge >= 0.3 is 0 Å². The van der Waals surface area contributed by atoms with E-state index < -0.39 is 0 Å². The van der Waals surface area contributed by atoms with Crippen LogP contribution in [0.2, 0.25) is 0 Å². The van der Waals surface area contributed by atoms with Crippen LogP contribution in [-0.2, 0) is 11.8 Å². The van der Waals surface area contributed by atoms with Crippen LogP contribution in [0, 0.1) is 24.2 Å². The van der Waals surface area contributed by atoms with E-state index in [9.17, 15) is 14.9 Å². The van der Waals surface area contributed by atoms with E-state index in [-0.39, 0.29) is 23.1 Å². The van der Waals surface area contributed by atoms with Crippen LogP contribution in [0.25, 0.3) is 6.08 Å². The number of carbonyl (C=O) groups excluding carboxylic acids is 1. The van der Waals surface area contributed by atoms with Gasteiger partial charge in [0, 0.05) is 31.7 Å². The maximum Gasteiger partial charge on any atom is 0.270 e. The molecule has 2 aliphatic heterocycles. The van der Waals surface area contributed by atoms with Crippen LogP contribution in [-0.4, -0.2) is 38.8 Å². The maximum atomic E-state index is 13.4. The Bertz CT molecular complexity index is 1080. The van der Waals surface area contributed by atoms with Gasteiger partial charge in [-0.1, -0.05) is 50.2 Å². The SMILES string of the molecule is Cc1c(/C=C2\SC(=S)N(C3CCCCC3)C2=O)c(N2CCCC(C)C2)n(C)c(=O)c1C#N. The fourth-order valence-corrected chi connectivity index (χ4v) is 6.62. The van der Waals surface area contributed by atoms with E-state index in [0.29, 0.717) is 20.7 Å². The number of anilines is 1. The third-order valence-electron chi connectivity index (χ3n) is 6.96. The second kappa shape index (κ2) is 9.40. The number of thiocarbonyl (C=S) groups is 1. The Labute approximate surface area is 199 Å². The van der Waals surface area contributed by atoms with Crippen LogP contribution in [0.4, 0.5) is 5.82 Å². The number of thioether (sulfide) groups is 1. The number of hydrogen-bond donors (Lipinski definition) is 0. The fourth-order valence-electron chi connectivity index (χ4n) is 5.24. The minimum Gasteiger partial charge on any atom is -0.357 e. The second-order valence-electron chi connectivity index (χ2n) is 9.25. The van der Waals surface area contributed by atoms with Crippen molar-refractivity contribution >= 4 is 46.1 Å². The predicted octanol–water partition coefficient (Wildman–Crippen LogP) is 4.34. The minimum atomic E-state index is -0.287. The average Bonchev–Trinajstić information content (AvgIpc) is 3.06. The van der Waals surface area contributed by atoms with Crippen molar-refractivity contribution < 1.29 is 4.79 Å². The van der Waals surface area contributed by atoms with Gasteiger partial charge in [0.1, 0.15) is 21.8 Å². The molecular weight excluding hydrogens is 440 g/mol. The number of rotatable bonds is 3. The summed E-state index contributed by atoms with van der Waals surface area (Å²) in [5, 5.41) is 9.66. The normalized spacial score (nSPS) is 23.8. The molecule has 0 bridgehead atoms. The summed E-state index contributed by atoms with van der Waals surface area (Å²) >= 11 is 6.94. The number of aromatic nitrogens is 1. The Kier molecular flexibility index (Phi) is 6.78. The first-order valence-corrected chi connectivity index (χ1v) is 12.7. The van der Waals surface area contributed by atoms with Gasteiger partial charge in [-0.25, -0.2) is 0 Å². The summed E-state index contributed by atoms with van der Waals surface area (Å²) in [4.78, 5) is 30.9. The number of carbonyl (C=O) groups is 1. The molecule has 1 aromatic rings. The molecular formula is C24H30N4O2S2. The van der Waals surface area contributed by atoms with Crippen molar-refractivity contribution in [3.8, 4) is 6.07 Å². The molecule has 1 aromatic heterocycles. The number of pyridine rings is 1. The molecule has 6 nitrogen and oxygen atoms in total. The summed E-state index contributed by atoms with van der Waals surface area (Å²) in [7, 11) is 1.72. The second-order valence-corrected chi connectivity index (χ2v) is 10.9. The summed E-state index contributed by atoms with van der Waals surface area (Å²) in [6, 6.07) is 2.26. The molecule has 1 amide bonds. The van der Waals surface area contributed by atoms with E-state index in [1.54, 1.807) is 16.5 Å². The molecule has 1 atom stereocenters. The van der Waals surface area contributed by atoms with Gasteiger partial charge in [0.2, 0.25) is 0 Å². The zero-order valence-corrected chi connectivity index (χ0v) is 20.7. The van der Waals surface area contributed by atoms with Gasteiger partial charge in [-0.15, -0.1) is 0 Å². The number of nitrogens with zero attached hydrogens (tertiary/aromatic N) is 4. The Morgan fingerprint density at radius 2 is 1.88 bits per heavy atom. The first-order valence-electron chi connectivity index (χ1n) is 11.5. The van der Waals surface area contributed by atoms with Crippen molar-refractivity contribution in [2.45, 2.75) is 64.8 Å². The first-order chi connectivity index (χ1) is 15.3. The molecule has 2 saturated heterocycles. The molecule has 4 rings (SSSR count). The molecule has 0 N–H and O–H groups in total. The van der Waals surface area contributed by atoms with Crippen LogP contribution in [0.5, 0.6) is 0 Å². The van der Waals surface area contributed by atoms with Crippen molar-refractivity contribution in [3.05, 3.63) is 31.9 Å². The average molecular weight is 471 g/mol. The number of piperidine rings is 1. The summed E-state index contributed by atoms with van der Waals surface area (Å²) in [5.74, 6) is 1.27. The Morgan fingerprint density at radius 1 is 1.16 bits per heavy atom. The standard InChI is InChI=1S/C24H30N4O2S2/c1-15-8-7-11-27(14-15)21-18(16(2)19(13-25)22(29)26(21)3)12-20-23(30)28(24(31)32-20)17-9-5-4-6-10-17/h12,15,17H,4-11,14H2,1-3H3/b20-12-. The van der Waals surface area contributed by atoms with E-state index in [4.69, 9.17) is 12.2 Å². The molecule has 3 fully saturated rings. The van der Waals surface area contributed by atoms with Crippen molar-refractivity contribution in [3.63, 3.8) is 0 Å². The molecule has 3 heterocycles. The molecule has 170 valence electrons. The topological polar surface area (TPSA) is 69.3 Å². The highest BCUT2D eigenvalue weighted by Crippen LogP contribution is 2.39. The number of hydrogen-bond acceptors (Lipinski definition) is 6. The third kappa shape index (κ3) is 4.13. The Hall–Kier alpha value is -2.11. The largest absolute Gasteiger partial charge is 0.357 e. The predicted molar refractivity (Wildman–Crippen MR) is 134 cm³/mol. The summed E-state index contributed by atoms with van der Waals surface area (Å²) < 4.78 is 2.20. The van der Waals surface area contributed by atoms with Crippen LogP contribution < -0.4 is 10.5 Å². The van der Waals surface area contributed by atoms with E-state index in [0.717, 1.165) is 63.0 Å². The van der Waals surface area contributed by atoms with Crippen LogP contribution in [0.1, 0.15) is 68.6 Å². The van der Waals surface area contributed by atoms with E-state index in [2.05, 4.69) is 17.9 Å². The van der Waals surface area contributed by atoms with Gasteiger partial charge < -0.3 is 4.90 Å². The molecule has 1 unspecified atom stereocenters. The van der Waals surface area contributed by atoms with Crippen LogP contribution >= 0.6 is 24.0 Å². The first kappa shape index (κ1) is 23.1. The lowest BCUT2D eigenvalue weighted by atomic mass is 9.94. The molecule has 3 aliphatic rings. The minimum absolute atomic E-state index is 0.0448. The lowest BCUT2D eigenvalue weighted by Crippen LogP contribution is -2.40. The lowest BCUT2D eigenvalue weighted by Gasteiger charge is -2.35. The van der Waals surface area contributed by atoms with Gasteiger partial charge in [-0.3, -0.25) is 19.1 Å². The van der Waals surface area contributed by atoms with E-state index in [1.165, 1.54) is 18.2 Å². The highest BCUT2D eigenvalue weighted by atomic mass is 32.2. The lowest BCUT2D eigenvalue weighted by molar-refractivity contribution is -0.124. The third-order valence-corrected chi connectivity index (χ3v) is 8.29. The molecule has 32 heavy (non-hydrogen) atoms. The van der Waals surface area contributed by atoms with Gasteiger partial charge in [-0.2, -0.15) is 5.26 Å². The molecule has 1 aliphatic carbocycles. The molecule has 0 spiro atoms. The monoisotopic (exact) mass is 470 g/mol. The van der Waals surface area contributed by atoms with Crippen molar-refractivity contribution in [1.29, 1.82) is 5.26 Å². The number of amides is 1. The van der Waals surface area contributed by atoms with Crippen LogP contribution in [0.3, 0.4) is 0 Å². The maximum absolute atomic E-state index is 13.4. The smallest absolute Gasteiger partial charge is 0.270 e. The van der Waals surface area contributed by atoms with E-state index in [1.807, 2.05) is 13.0 Å². The van der Waals surface area contributed by atoms with Crippen molar-refractivity contribution in [2.75, 3.05) is 18.0 Å². The summed E-state index contributed by atoms with van der Waals surface area (Å²) in [6.45, 7) is 5.73. The van der Waals surface area contributed by atoms with Crippen molar-refractivity contribution in [2.24, 2.45) is 13.0 Å². The summed E-state index contributed by atoms with van der Waals surface area (Å²) in [5.41, 5.74) is 1.26. The van der Waals surface area contributed by atoms with Gasteiger partial charge in [0.05, 0.1) is 4.91 Å². The number of nitriles is 1. The molecule has 0 aromatic carbocycles. The molecule has 1 saturated carbocycles. The fraction of sp³-hybridized carbons (Fsp3) is 0.583. The van der Waals surface area contributed by atoms with E-state index >= 15 is 0 Å². The summed E-state index contributed by atoms with van der Waals surface area (Å²) in [6.07, 6.45) is 9.54. The van der Waals surface area contributed by atoms with Crippen molar-refractivity contribution in [1.82, 2.24) is 9.47 Å². The zero-order valence-electron chi connectivity index (χ0n) is 19.0. The highest BCUT2D eigenvalue weighted by Gasteiger charge is 2.38. The quantitative estimate of drug-likeness (QED) is 0.484. The molecule has 0 radical (unpaired) electrons. The van der Waals surface area contributed by atoms with Gasteiger partial charge in [0.25, 0.3) is 11.5 Å². The Morgan fingerprint density at radius 3 is 2.53 bits per heavy atom.